The summed E-state index contributed by atoms with van der Waals surface area (Å²) >= 11 is 0. The predicted octanol–water partition coefficient (Wildman–Crippen LogP) is 1.84. The SMILES string of the molecule is CCC1CN(C(=O)CCC2CCC(N)CC2)CCN1C. The molecule has 0 aromatic carbocycles. The van der Waals surface area contributed by atoms with Crippen molar-refractivity contribution < 1.29 is 4.79 Å². The van der Waals surface area contributed by atoms with Gasteiger partial charge in [0.15, 0.2) is 0 Å². The van der Waals surface area contributed by atoms with Gasteiger partial charge in [-0.05, 0) is 51.5 Å². The van der Waals surface area contributed by atoms with Crippen LogP contribution in [-0.2, 0) is 4.79 Å². The highest BCUT2D eigenvalue weighted by Gasteiger charge is 2.26. The summed E-state index contributed by atoms with van der Waals surface area (Å²) in [6, 6.07) is 0.949. The highest BCUT2D eigenvalue weighted by atomic mass is 16.2. The standard InChI is InChI=1S/C16H31N3O/c1-3-15-12-19(11-10-18(15)2)16(20)9-6-13-4-7-14(17)8-5-13/h13-15H,3-12,17H2,1-2H3. The van der Waals surface area contributed by atoms with Gasteiger partial charge in [0.2, 0.25) is 5.91 Å². The predicted molar refractivity (Wildman–Crippen MR) is 82.5 cm³/mol. The van der Waals surface area contributed by atoms with Gasteiger partial charge in [-0.1, -0.05) is 6.92 Å². The molecule has 0 aromatic heterocycles. The average molecular weight is 281 g/mol. The van der Waals surface area contributed by atoms with Crippen LogP contribution in [0.1, 0.15) is 51.9 Å². The van der Waals surface area contributed by atoms with Gasteiger partial charge >= 0.3 is 0 Å². The Morgan fingerprint density at radius 2 is 1.90 bits per heavy atom. The third kappa shape index (κ3) is 4.19. The molecule has 0 aromatic rings. The molecule has 2 N–H and O–H groups in total. The first kappa shape index (κ1) is 15.8. The highest BCUT2D eigenvalue weighted by Crippen LogP contribution is 2.27. The third-order valence-electron chi connectivity index (χ3n) is 5.26. The van der Waals surface area contributed by atoms with Crippen LogP contribution in [0, 0.1) is 5.92 Å². The summed E-state index contributed by atoms with van der Waals surface area (Å²) in [7, 11) is 2.17. The maximum absolute atomic E-state index is 12.4. The second-order valence-electron chi connectivity index (χ2n) is 6.70. The van der Waals surface area contributed by atoms with Crippen molar-refractivity contribution in [1.29, 1.82) is 0 Å². The normalized spacial score (nSPS) is 32.4. The van der Waals surface area contributed by atoms with Gasteiger partial charge in [-0.2, -0.15) is 0 Å². The van der Waals surface area contributed by atoms with E-state index in [1.807, 2.05) is 0 Å². The van der Waals surface area contributed by atoms with E-state index in [-0.39, 0.29) is 0 Å². The monoisotopic (exact) mass is 281 g/mol. The Morgan fingerprint density at radius 3 is 2.55 bits per heavy atom. The molecule has 1 saturated heterocycles. The van der Waals surface area contributed by atoms with Crippen LogP contribution in [0.15, 0.2) is 0 Å². The van der Waals surface area contributed by atoms with Crippen molar-refractivity contribution in [2.45, 2.75) is 64.0 Å². The van der Waals surface area contributed by atoms with Crippen LogP contribution in [-0.4, -0.2) is 54.5 Å². The Balaban J connectivity index is 1.72. The second kappa shape index (κ2) is 7.41. The number of hydrogen-bond acceptors (Lipinski definition) is 3. The Morgan fingerprint density at radius 1 is 1.20 bits per heavy atom. The first-order chi connectivity index (χ1) is 9.60. The number of amides is 1. The van der Waals surface area contributed by atoms with Crippen LogP contribution in [0.3, 0.4) is 0 Å². The Bertz CT molecular complexity index is 313. The van der Waals surface area contributed by atoms with E-state index in [1.54, 1.807) is 0 Å². The van der Waals surface area contributed by atoms with Gasteiger partial charge < -0.3 is 10.6 Å². The summed E-state index contributed by atoms with van der Waals surface area (Å²) in [6.45, 7) is 5.05. The van der Waals surface area contributed by atoms with Gasteiger partial charge in [-0.3, -0.25) is 9.69 Å². The number of likely N-dealkylation sites (N-methyl/N-ethyl adjacent to an activating group) is 1. The molecule has 20 heavy (non-hydrogen) atoms. The molecule has 1 aliphatic heterocycles. The molecule has 0 spiro atoms. The van der Waals surface area contributed by atoms with Gasteiger partial charge in [-0.15, -0.1) is 0 Å². The number of carbonyl (C=O) groups excluding carboxylic acids is 1. The lowest BCUT2D eigenvalue weighted by molar-refractivity contribution is -0.134. The largest absolute Gasteiger partial charge is 0.340 e. The molecule has 1 aliphatic carbocycles. The number of piperazine rings is 1. The first-order valence-electron chi connectivity index (χ1n) is 8.33. The van der Waals surface area contributed by atoms with Crippen molar-refractivity contribution in [2.24, 2.45) is 11.7 Å². The summed E-state index contributed by atoms with van der Waals surface area (Å²) in [5.74, 6) is 1.10. The average Bonchev–Trinajstić information content (AvgIpc) is 2.47. The molecular formula is C16H31N3O. The Kier molecular flexibility index (Phi) is 5.85. The minimum atomic E-state index is 0.367. The maximum atomic E-state index is 12.4. The van der Waals surface area contributed by atoms with Gasteiger partial charge in [0.1, 0.15) is 0 Å². The van der Waals surface area contributed by atoms with Crippen molar-refractivity contribution in [2.75, 3.05) is 26.7 Å². The minimum absolute atomic E-state index is 0.367. The van der Waals surface area contributed by atoms with Crippen molar-refractivity contribution in [1.82, 2.24) is 9.80 Å². The molecule has 4 nitrogen and oxygen atoms in total. The number of rotatable bonds is 4. The zero-order valence-electron chi connectivity index (χ0n) is 13.2. The fraction of sp³-hybridized carbons (Fsp3) is 0.938. The Labute approximate surface area is 123 Å². The lowest BCUT2D eigenvalue weighted by Gasteiger charge is -2.39. The molecule has 116 valence electrons. The van der Waals surface area contributed by atoms with Crippen molar-refractivity contribution in [3.8, 4) is 0 Å². The smallest absolute Gasteiger partial charge is 0.222 e. The molecule has 2 fully saturated rings. The van der Waals surface area contributed by atoms with E-state index in [4.69, 9.17) is 5.73 Å². The molecule has 1 heterocycles. The molecule has 0 radical (unpaired) electrons. The van der Waals surface area contributed by atoms with E-state index in [0.29, 0.717) is 18.0 Å². The van der Waals surface area contributed by atoms with E-state index in [2.05, 4.69) is 23.8 Å². The number of hydrogen-bond donors (Lipinski definition) is 1. The Hall–Kier alpha value is -0.610. The van der Waals surface area contributed by atoms with Crippen molar-refractivity contribution in [3.63, 3.8) is 0 Å². The van der Waals surface area contributed by atoms with Crippen LogP contribution in [0.2, 0.25) is 0 Å². The molecular weight excluding hydrogens is 250 g/mol. The van der Waals surface area contributed by atoms with Crippen LogP contribution in [0.4, 0.5) is 0 Å². The second-order valence-corrected chi connectivity index (χ2v) is 6.70. The summed E-state index contributed by atoms with van der Waals surface area (Å²) in [4.78, 5) is 16.8. The molecule has 2 rings (SSSR count). The van der Waals surface area contributed by atoms with Crippen LogP contribution >= 0.6 is 0 Å². The van der Waals surface area contributed by atoms with Crippen molar-refractivity contribution >= 4 is 5.91 Å². The van der Waals surface area contributed by atoms with Gasteiger partial charge in [0.05, 0.1) is 0 Å². The van der Waals surface area contributed by atoms with E-state index in [1.165, 1.54) is 12.8 Å². The number of carbonyl (C=O) groups is 1. The molecule has 1 saturated carbocycles. The lowest BCUT2D eigenvalue weighted by atomic mass is 9.83. The van der Waals surface area contributed by atoms with Crippen LogP contribution in [0.25, 0.3) is 0 Å². The van der Waals surface area contributed by atoms with Crippen LogP contribution in [0.5, 0.6) is 0 Å². The summed E-state index contributed by atoms with van der Waals surface area (Å²) < 4.78 is 0. The zero-order chi connectivity index (χ0) is 14.5. The van der Waals surface area contributed by atoms with Crippen LogP contribution < -0.4 is 5.73 Å². The number of nitrogens with zero attached hydrogens (tertiary/aromatic N) is 2. The molecule has 1 atom stereocenters. The quantitative estimate of drug-likeness (QED) is 0.855. The maximum Gasteiger partial charge on any atom is 0.222 e. The van der Waals surface area contributed by atoms with Gasteiger partial charge in [0, 0.05) is 38.1 Å². The lowest BCUT2D eigenvalue weighted by Crippen LogP contribution is -2.53. The summed E-state index contributed by atoms with van der Waals surface area (Å²) in [6.07, 6.45) is 7.65. The summed E-state index contributed by atoms with van der Waals surface area (Å²) in [5.41, 5.74) is 5.93. The third-order valence-corrected chi connectivity index (χ3v) is 5.26. The van der Waals surface area contributed by atoms with Crippen molar-refractivity contribution in [3.05, 3.63) is 0 Å². The van der Waals surface area contributed by atoms with E-state index >= 15 is 0 Å². The molecule has 1 unspecified atom stereocenters. The minimum Gasteiger partial charge on any atom is -0.340 e. The molecule has 2 aliphatic rings. The van der Waals surface area contributed by atoms with E-state index < -0.39 is 0 Å². The molecule has 1 amide bonds. The fourth-order valence-electron chi connectivity index (χ4n) is 3.58. The van der Waals surface area contributed by atoms with E-state index in [0.717, 1.165) is 57.7 Å². The zero-order valence-corrected chi connectivity index (χ0v) is 13.2. The van der Waals surface area contributed by atoms with E-state index in [9.17, 15) is 4.79 Å². The first-order valence-corrected chi connectivity index (χ1v) is 8.33. The summed E-state index contributed by atoms with van der Waals surface area (Å²) in [5, 5.41) is 0. The van der Waals surface area contributed by atoms with Gasteiger partial charge in [-0.25, -0.2) is 0 Å². The fourth-order valence-corrected chi connectivity index (χ4v) is 3.58. The van der Waals surface area contributed by atoms with Gasteiger partial charge in [0.25, 0.3) is 0 Å². The molecule has 4 heteroatoms. The number of nitrogens with two attached hydrogens (primary N) is 1. The molecule has 0 bridgehead atoms. The topological polar surface area (TPSA) is 49.6 Å². The highest BCUT2D eigenvalue weighted by molar-refractivity contribution is 5.76.